The lowest BCUT2D eigenvalue weighted by molar-refractivity contribution is -0.347. The zero-order valence-corrected chi connectivity index (χ0v) is 34.9. The summed E-state index contributed by atoms with van der Waals surface area (Å²) >= 11 is 0. The predicted molar refractivity (Wildman–Crippen MR) is 211 cm³/mol. The highest BCUT2D eigenvalue weighted by Gasteiger charge is 2.78. The van der Waals surface area contributed by atoms with E-state index in [-0.39, 0.29) is 35.3 Å². The van der Waals surface area contributed by atoms with Crippen molar-refractivity contribution in [3.63, 3.8) is 0 Å². The largest absolute Gasteiger partial charge is 0.456 e. The lowest BCUT2D eigenvalue weighted by Crippen LogP contribution is -2.82. The summed E-state index contributed by atoms with van der Waals surface area (Å²) in [6.45, 7) is 11.1. The van der Waals surface area contributed by atoms with Gasteiger partial charge >= 0.3 is 23.9 Å². The molecule has 1 heterocycles. The van der Waals surface area contributed by atoms with Crippen LogP contribution in [0.2, 0.25) is 0 Å². The van der Waals surface area contributed by atoms with E-state index < -0.39 is 113 Å². The third-order valence-corrected chi connectivity index (χ3v) is 13.2. The maximum Gasteiger partial charge on any atom is 0.338 e. The van der Waals surface area contributed by atoms with Gasteiger partial charge in [0.1, 0.15) is 23.9 Å². The lowest BCUT2D eigenvalue weighted by Gasteiger charge is -2.67. The summed E-state index contributed by atoms with van der Waals surface area (Å²) in [5.74, 6) is -6.76. The topological polar surface area (TPSA) is 221 Å². The van der Waals surface area contributed by atoms with Crippen molar-refractivity contribution in [1.82, 2.24) is 5.32 Å². The number of rotatable bonds is 10. The molecule has 15 nitrogen and oxygen atoms in total. The van der Waals surface area contributed by atoms with Gasteiger partial charge in [0.15, 0.2) is 23.6 Å². The number of fused-ring (bicyclic) bond motifs is 5. The first-order valence-corrected chi connectivity index (χ1v) is 19.9. The molecule has 3 aliphatic carbocycles. The molecular weight excluding hydrogens is 778 g/mol. The van der Waals surface area contributed by atoms with Crippen molar-refractivity contribution in [3.8, 4) is 0 Å². The van der Waals surface area contributed by atoms with Crippen LogP contribution >= 0.6 is 0 Å². The van der Waals surface area contributed by atoms with Gasteiger partial charge in [0.05, 0.1) is 30.1 Å². The highest BCUT2D eigenvalue weighted by Crippen LogP contribution is 2.64. The van der Waals surface area contributed by atoms with E-state index in [0.29, 0.717) is 5.56 Å². The molecule has 0 unspecified atom stereocenters. The standard InChI is InChI=1S/C45H53NO14/c1-9-23(2)40(53)59-38-36-43(8,30(49)20-31-44(36,22-56-31)60-26(5)48)37(51)35(57-25(4)47)32-24(3)29(21-45(38,55)42(32,6)7)58-41(54)34(50)33(27-16-12-10-13-17-27)46-39(52)28-18-14-11-15-19-28/h9-19,29-31,33-36,38,49-50,55H,20-22H2,1-8H3,(H,46,52)/b23-9-/t29-,30-,31+,33-,34+,35+,36-,38-,43+,44-,45+/m0/s1. The molecule has 0 spiro atoms. The van der Waals surface area contributed by atoms with Crippen molar-refractivity contribution in [1.29, 1.82) is 0 Å². The Balaban J connectivity index is 1.53. The molecule has 15 heteroatoms. The van der Waals surface area contributed by atoms with Crippen LogP contribution in [0.25, 0.3) is 0 Å². The number of carbonyl (C=O) groups is 6. The van der Waals surface area contributed by atoms with Gasteiger partial charge in [-0.3, -0.25) is 19.2 Å². The third-order valence-electron chi connectivity index (χ3n) is 13.2. The van der Waals surface area contributed by atoms with Crippen molar-refractivity contribution >= 4 is 35.6 Å². The second-order valence-electron chi connectivity index (χ2n) is 17.0. The summed E-state index contributed by atoms with van der Waals surface area (Å²) in [5.41, 5.74) is -6.85. The van der Waals surface area contributed by atoms with Gasteiger partial charge < -0.3 is 44.3 Å². The van der Waals surface area contributed by atoms with Crippen molar-refractivity contribution < 1.29 is 67.8 Å². The molecule has 6 rings (SSSR count). The number of Topliss-reactive ketones (excluding diaryl/α,β-unsaturated/α-hetero) is 1. The minimum Gasteiger partial charge on any atom is -0.456 e. The molecule has 1 amide bonds. The molecule has 322 valence electrons. The smallest absolute Gasteiger partial charge is 0.338 e. The number of aliphatic hydroxyl groups excluding tert-OH is 2. The predicted octanol–water partition coefficient (Wildman–Crippen LogP) is 3.39. The Morgan fingerprint density at radius 2 is 1.53 bits per heavy atom. The average molecular weight is 832 g/mol. The molecular formula is C45H53NO14. The van der Waals surface area contributed by atoms with Crippen LogP contribution in [0.1, 0.15) is 90.2 Å². The van der Waals surface area contributed by atoms with Crippen LogP contribution in [0.3, 0.4) is 0 Å². The van der Waals surface area contributed by atoms with E-state index in [1.807, 2.05) is 0 Å². The number of amides is 1. The van der Waals surface area contributed by atoms with Gasteiger partial charge in [-0.1, -0.05) is 68.5 Å². The molecule has 2 aromatic carbocycles. The zero-order chi connectivity index (χ0) is 44.1. The highest BCUT2D eigenvalue weighted by molar-refractivity contribution is 5.96. The molecule has 3 fully saturated rings. The van der Waals surface area contributed by atoms with Crippen molar-refractivity contribution in [2.75, 3.05) is 6.61 Å². The van der Waals surface area contributed by atoms with Crippen molar-refractivity contribution in [2.45, 2.75) is 122 Å². The van der Waals surface area contributed by atoms with Gasteiger partial charge in [0.25, 0.3) is 5.91 Å². The van der Waals surface area contributed by atoms with Gasteiger partial charge in [-0.05, 0) is 56.5 Å². The van der Waals surface area contributed by atoms with Crippen LogP contribution in [-0.2, 0) is 47.7 Å². The number of carbonyl (C=O) groups excluding carboxylic acids is 6. The fraction of sp³-hybridized carbons (Fsp3) is 0.511. The number of nitrogens with one attached hydrogen (secondary N) is 1. The molecule has 4 aliphatic rings. The van der Waals surface area contributed by atoms with Crippen LogP contribution in [0.5, 0.6) is 0 Å². The van der Waals surface area contributed by atoms with Crippen molar-refractivity contribution in [2.24, 2.45) is 16.7 Å². The SMILES string of the molecule is C/C=C(/C)C(=O)O[C@H]1[C@@H]2[C@]3(OC(C)=O)CO[C@@H]3C[C@H](O)[C@@]2(C)C(=O)[C@H](OC(C)=O)C2=C(C)[C@@H](OC(=O)[C@H](O)[C@@H](NC(=O)c3ccccc3)c3ccccc3)C[C@]1(O)C2(C)C. The van der Waals surface area contributed by atoms with Crippen LogP contribution < -0.4 is 5.32 Å². The van der Waals surface area contributed by atoms with E-state index in [4.69, 9.17) is 23.7 Å². The molecule has 11 atom stereocenters. The van der Waals surface area contributed by atoms with E-state index in [0.717, 1.165) is 13.8 Å². The second-order valence-corrected chi connectivity index (χ2v) is 17.0. The zero-order valence-electron chi connectivity index (χ0n) is 34.9. The van der Waals surface area contributed by atoms with Gasteiger partial charge in [-0.2, -0.15) is 0 Å². The molecule has 4 N–H and O–H groups in total. The minimum atomic E-state index is -2.36. The van der Waals surface area contributed by atoms with E-state index in [9.17, 15) is 39.3 Å². The van der Waals surface area contributed by atoms with E-state index in [1.54, 1.807) is 81.4 Å². The van der Waals surface area contributed by atoms with E-state index >= 15 is 4.79 Å². The number of hydrogen-bond donors (Lipinski definition) is 4. The Morgan fingerprint density at radius 1 is 0.917 bits per heavy atom. The van der Waals surface area contributed by atoms with Crippen LogP contribution in [0.15, 0.2) is 83.5 Å². The van der Waals surface area contributed by atoms with Gasteiger partial charge in [0, 0.05) is 43.2 Å². The summed E-state index contributed by atoms with van der Waals surface area (Å²) in [4.78, 5) is 82.8. The summed E-state index contributed by atoms with van der Waals surface area (Å²) < 4.78 is 30.1. The highest BCUT2D eigenvalue weighted by atomic mass is 16.6. The molecule has 2 saturated carbocycles. The molecule has 0 aromatic heterocycles. The number of ketones is 1. The Bertz CT molecular complexity index is 2110. The Hall–Kier alpha value is -5.22. The number of allylic oxidation sites excluding steroid dienone is 1. The number of esters is 4. The molecule has 1 aliphatic heterocycles. The van der Waals surface area contributed by atoms with Crippen LogP contribution in [0.4, 0.5) is 0 Å². The Kier molecular flexibility index (Phi) is 12.1. The van der Waals surface area contributed by atoms with Crippen LogP contribution in [0, 0.1) is 16.7 Å². The summed E-state index contributed by atoms with van der Waals surface area (Å²) in [6, 6.07) is 15.1. The number of ether oxygens (including phenoxy) is 5. The number of aliphatic hydroxyl groups is 3. The molecule has 60 heavy (non-hydrogen) atoms. The third kappa shape index (κ3) is 7.24. The van der Waals surface area contributed by atoms with Gasteiger partial charge in [-0.25, -0.2) is 9.59 Å². The monoisotopic (exact) mass is 831 g/mol. The lowest BCUT2D eigenvalue weighted by atomic mass is 9.44. The fourth-order valence-electron chi connectivity index (χ4n) is 9.75. The summed E-state index contributed by atoms with van der Waals surface area (Å²) in [5, 5.41) is 40.0. The van der Waals surface area contributed by atoms with E-state index in [2.05, 4.69) is 5.32 Å². The number of benzene rings is 2. The quantitative estimate of drug-likeness (QED) is 0.117. The van der Waals surface area contributed by atoms with Crippen LogP contribution in [-0.4, -0.2) is 105 Å². The van der Waals surface area contributed by atoms with Crippen molar-refractivity contribution in [3.05, 3.63) is 94.6 Å². The molecule has 0 radical (unpaired) electrons. The first-order chi connectivity index (χ1) is 28.1. The maximum absolute atomic E-state index is 15.4. The molecule has 2 aromatic rings. The first kappa shape index (κ1) is 44.3. The fourth-order valence-corrected chi connectivity index (χ4v) is 9.75. The summed E-state index contributed by atoms with van der Waals surface area (Å²) in [6.07, 6.45) is -8.91. The Morgan fingerprint density at radius 3 is 2.08 bits per heavy atom. The first-order valence-electron chi connectivity index (χ1n) is 19.9. The average Bonchev–Trinajstić information content (AvgIpc) is 3.20. The maximum atomic E-state index is 15.4. The molecule has 1 saturated heterocycles. The second kappa shape index (κ2) is 16.3. The molecule has 2 bridgehead atoms. The van der Waals surface area contributed by atoms with E-state index in [1.165, 1.54) is 26.8 Å². The normalized spacial score (nSPS) is 32.9. The summed E-state index contributed by atoms with van der Waals surface area (Å²) in [7, 11) is 0. The van der Waals surface area contributed by atoms with Gasteiger partial charge in [-0.15, -0.1) is 0 Å². The minimum absolute atomic E-state index is 0.00456. The van der Waals surface area contributed by atoms with Gasteiger partial charge in [0.2, 0.25) is 0 Å². The number of hydrogen-bond acceptors (Lipinski definition) is 14. The Labute approximate surface area is 348 Å².